The maximum atomic E-state index is 13.7. The molecule has 3 aromatic rings. The molecule has 1 saturated carbocycles. The van der Waals surface area contributed by atoms with Gasteiger partial charge in [0.05, 0.1) is 28.6 Å². The van der Waals surface area contributed by atoms with Crippen LogP contribution in [-0.2, 0) is 0 Å². The number of ether oxygens (including phenoxy) is 1. The smallest absolute Gasteiger partial charge is 0.274 e. The molecule has 176 valence electrons. The van der Waals surface area contributed by atoms with Crippen LogP contribution in [0.25, 0.3) is 10.4 Å². The van der Waals surface area contributed by atoms with Crippen molar-refractivity contribution in [3.63, 3.8) is 0 Å². The Balaban J connectivity index is 1.36. The molecule has 2 aliphatic rings. The van der Waals surface area contributed by atoms with Gasteiger partial charge in [-0.2, -0.15) is 0 Å². The number of nitrogens with zero attached hydrogens (tertiary/aromatic N) is 2. The zero-order valence-electron chi connectivity index (χ0n) is 19.3. The summed E-state index contributed by atoms with van der Waals surface area (Å²) < 4.78 is 18.9. The third-order valence-electron chi connectivity index (χ3n) is 6.57. The average molecular weight is 480 g/mol. The number of hydrogen-bond donors (Lipinski definition) is 1. The summed E-state index contributed by atoms with van der Waals surface area (Å²) in [5.74, 6) is -0.256. The number of nitrogens with one attached hydrogen (secondary N) is 1. The molecule has 1 N–H and O–H groups in total. The molecule has 8 heteroatoms. The SMILES string of the molecule is COc1ccc(F)cc1C(=O)NC[C@@H]1C[C@@H]2C[C@@H]2N1C(=O)c1nc(C)sc1-c1cccc(C)c1. The summed E-state index contributed by atoms with van der Waals surface area (Å²) in [5, 5.41) is 3.72. The highest BCUT2D eigenvalue weighted by atomic mass is 32.1. The van der Waals surface area contributed by atoms with Gasteiger partial charge < -0.3 is 15.0 Å². The monoisotopic (exact) mass is 479 g/mol. The molecule has 1 saturated heterocycles. The third kappa shape index (κ3) is 4.18. The molecular formula is C26H26FN3O3S. The highest BCUT2D eigenvalue weighted by molar-refractivity contribution is 7.15. The van der Waals surface area contributed by atoms with E-state index in [9.17, 15) is 14.0 Å². The first-order valence-electron chi connectivity index (χ1n) is 11.3. The van der Waals surface area contributed by atoms with Gasteiger partial charge in [0.25, 0.3) is 11.8 Å². The van der Waals surface area contributed by atoms with Crippen molar-refractivity contribution in [2.24, 2.45) is 5.92 Å². The van der Waals surface area contributed by atoms with E-state index < -0.39 is 11.7 Å². The predicted molar refractivity (Wildman–Crippen MR) is 129 cm³/mol. The quantitative estimate of drug-likeness (QED) is 0.561. The van der Waals surface area contributed by atoms with Crippen molar-refractivity contribution in [1.82, 2.24) is 15.2 Å². The average Bonchev–Trinajstić information content (AvgIpc) is 3.30. The van der Waals surface area contributed by atoms with Crippen molar-refractivity contribution in [3.05, 3.63) is 70.1 Å². The second kappa shape index (κ2) is 8.83. The number of rotatable bonds is 6. The van der Waals surface area contributed by atoms with Gasteiger partial charge in [-0.05, 0) is 56.4 Å². The second-order valence-corrected chi connectivity index (χ2v) is 10.2. The summed E-state index contributed by atoms with van der Waals surface area (Å²) in [5.41, 5.74) is 2.73. The molecule has 2 fully saturated rings. The van der Waals surface area contributed by atoms with E-state index in [1.165, 1.54) is 30.6 Å². The van der Waals surface area contributed by atoms with Gasteiger partial charge in [0.15, 0.2) is 0 Å². The Morgan fingerprint density at radius 1 is 1.21 bits per heavy atom. The fourth-order valence-corrected chi connectivity index (χ4v) is 5.80. The van der Waals surface area contributed by atoms with Gasteiger partial charge >= 0.3 is 0 Å². The van der Waals surface area contributed by atoms with E-state index >= 15 is 0 Å². The summed E-state index contributed by atoms with van der Waals surface area (Å²) in [6.45, 7) is 4.23. The van der Waals surface area contributed by atoms with Crippen LogP contribution in [0.5, 0.6) is 5.75 Å². The van der Waals surface area contributed by atoms with Crippen molar-refractivity contribution >= 4 is 23.2 Å². The molecule has 1 aromatic heterocycles. The van der Waals surface area contributed by atoms with Crippen molar-refractivity contribution in [3.8, 4) is 16.2 Å². The van der Waals surface area contributed by atoms with Gasteiger partial charge in [-0.15, -0.1) is 11.3 Å². The number of methoxy groups -OCH3 is 1. The normalized spacial score (nSPS) is 20.7. The summed E-state index contributed by atoms with van der Waals surface area (Å²) in [6.07, 6.45) is 1.82. The zero-order chi connectivity index (χ0) is 24.0. The van der Waals surface area contributed by atoms with Crippen molar-refractivity contribution in [2.45, 2.75) is 38.8 Å². The highest BCUT2D eigenvalue weighted by Crippen LogP contribution is 2.48. The molecule has 2 heterocycles. The molecular weight excluding hydrogens is 453 g/mol. The van der Waals surface area contributed by atoms with Crippen LogP contribution in [0.3, 0.4) is 0 Å². The van der Waals surface area contributed by atoms with Gasteiger partial charge in [0.2, 0.25) is 0 Å². The number of halogens is 1. The van der Waals surface area contributed by atoms with Crippen LogP contribution >= 0.6 is 11.3 Å². The lowest BCUT2D eigenvalue weighted by Gasteiger charge is -2.27. The Labute approximate surface area is 201 Å². The third-order valence-corrected chi connectivity index (χ3v) is 7.59. The molecule has 5 rings (SSSR count). The Hall–Kier alpha value is -3.26. The number of benzene rings is 2. The maximum Gasteiger partial charge on any atom is 0.274 e. The Kier molecular flexibility index (Phi) is 5.85. The van der Waals surface area contributed by atoms with E-state index in [1.807, 2.05) is 36.9 Å². The number of hydrogen-bond acceptors (Lipinski definition) is 5. The molecule has 3 atom stereocenters. The van der Waals surface area contributed by atoms with Crippen LogP contribution in [0.4, 0.5) is 4.39 Å². The predicted octanol–water partition coefficient (Wildman–Crippen LogP) is 4.61. The van der Waals surface area contributed by atoms with Crippen molar-refractivity contribution in [2.75, 3.05) is 13.7 Å². The first-order valence-corrected chi connectivity index (χ1v) is 12.2. The minimum absolute atomic E-state index is 0.0894. The second-order valence-electron chi connectivity index (χ2n) is 9.00. The number of aryl methyl sites for hydroxylation is 2. The lowest BCUT2D eigenvalue weighted by atomic mass is 10.1. The molecule has 0 bridgehead atoms. The molecule has 1 aliphatic carbocycles. The number of carbonyl (C=O) groups is 2. The lowest BCUT2D eigenvalue weighted by Crippen LogP contribution is -2.45. The number of thiazole rings is 1. The van der Waals surface area contributed by atoms with E-state index in [1.54, 1.807) is 0 Å². The van der Waals surface area contributed by atoms with E-state index in [2.05, 4.69) is 16.4 Å². The summed E-state index contributed by atoms with van der Waals surface area (Å²) in [7, 11) is 1.44. The Morgan fingerprint density at radius 3 is 2.79 bits per heavy atom. The minimum Gasteiger partial charge on any atom is -0.496 e. The van der Waals surface area contributed by atoms with Crippen LogP contribution < -0.4 is 10.1 Å². The van der Waals surface area contributed by atoms with Gasteiger partial charge in [-0.25, -0.2) is 9.37 Å². The summed E-state index contributed by atoms with van der Waals surface area (Å²) >= 11 is 1.52. The summed E-state index contributed by atoms with van der Waals surface area (Å²) in [4.78, 5) is 33.9. The van der Waals surface area contributed by atoms with E-state index in [-0.39, 0.29) is 23.6 Å². The fourth-order valence-electron chi connectivity index (χ4n) is 4.90. The van der Waals surface area contributed by atoms with Crippen LogP contribution in [0.2, 0.25) is 0 Å². The highest BCUT2D eigenvalue weighted by Gasteiger charge is 2.54. The van der Waals surface area contributed by atoms with Crippen molar-refractivity contribution < 1.29 is 18.7 Å². The maximum absolute atomic E-state index is 13.7. The molecule has 1 aliphatic heterocycles. The molecule has 34 heavy (non-hydrogen) atoms. The van der Waals surface area contributed by atoms with Crippen LogP contribution in [0.1, 0.15) is 44.3 Å². The number of amides is 2. The standard InChI is InChI=1S/C26H26FN3O3S/c1-14-5-4-6-16(9-14)24-23(29-15(2)34-24)26(32)30-19(10-17-11-21(17)30)13-28-25(31)20-12-18(27)7-8-22(20)33-3/h4-9,12,17,19,21H,10-11,13H2,1-3H3,(H,28,31)/t17-,19+,21+/m1/s1. The molecule has 0 radical (unpaired) electrons. The largest absolute Gasteiger partial charge is 0.496 e. The molecule has 2 aromatic carbocycles. The minimum atomic E-state index is -0.507. The zero-order valence-corrected chi connectivity index (χ0v) is 20.1. The number of piperidine rings is 1. The number of likely N-dealkylation sites (tertiary alicyclic amines) is 1. The Morgan fingerprint density at radius 2 is 2.03 bits per heavy atom. The van der Waals surface area contributed by atoms with E-state index in [0.29, 0.717) is 23.9 Å². The number of carbonyl (C=O) groups excluding carboxylic acids is 2. The van der Waals surface area contributed by atoms with E-state index in [0.717, 1.165) is 39.9 Å². The first-order chi connectivity index (χ1) is 16.4. The number of fused-ring (bicyclic) bond motifs is 1. The van der Waals surface area contributed by atoms with Crippen LogP contribution in [0.15, 0.2) is 42.5 Å². The van der Waals surface area contributed by atoms with Crippen molar-refractivity contribution in [1.29, 1.82) is 0 Å². The lowest BCUT2D eigenvalue weighted by molar-refractivity contribution is 0.0684. The Bertz CT molecular complexity index is 1270. The van der Waals surface area contributed by atoms with Gasteiger partial charge in [-0.3, -0.25) is 9.59 Å². The molecule has 6 nitrogen and oxygen atoms in total. The van der Waals surface area contributed by atoms with Crippen LogP contribution in [-0.4, -0.2) is 47.4 Å². The topological polar surface area (TPSA) is 71.5 Å². The van der Waals surface area contributed by atoms with E-state index in [4.69, 9.17) is 4.74 Å². The first kappa shape index (κ1) is 22.5. The van der Waals surface area contributed by atoms with Gasteiger partial charge in [-0.1, -0.05) is 29.8 Å². The fraction of sp³-hybridized carbons (Fsp3) is 0.346. The molecule has 0 spiro atoms. The molecule has 0 unspecified atom stereocenters. The van der Waals surface area contributed by atoms with Gasteiger partial charge in [0, 0.05) is 12.6 Å². The van der Waals surface area contributed by atoms with Gasteiger partial charge in [0.1, 0.15) is 17.3 Å². The summed E-state index contributed by atoms with van der Waals surface area (Å²) in [6, 6.07) is 12.0. The number of aromatic nitrogens is 1. The van der Waals surface area contributed by atoms with Crippen LogP contribution in [0, 0.1) is 25.6 Å². The molecule has 2 amide bonds.